The molecule has 0 spiro atoms. The molecule has 26 heavy (non-hydrogen) atoms. The van der Waals surface area contributed by atoms with Gasteiger partial charge in [0.2, 0.25) is 0 Å². The molecule has 5 nitrogen and oxygen atoms in total. The van der Waals surface area contributed by atoms with Crippen LogP contribution in [0.3, 0.4) is 0 Å². The molecule has 0 bridgehead atoms. The monoisotopic (exact) mass is 461 g/mol. The van der Waals surface area contributed by atoms with E-state index in [1.54, 1.807) is 0 Å². The van der Waals surface area contributed by atoms with E-state index in [-0.39, 0.29) is 24.0 Å². The van der Waals surface area contributed by atoms with Gasteiger partial charge < -0.3 is 15.0 Å². The number of aromatic nitrogens is 2. The number of aliphatic imine (C=N–C) groups is 1. The molecule has 0 saturated carbocycles. The lowest BCUT2D eigenvalue weighted by atomic mass is 9.88. The molecule has 1 unspecified atom stereocenters. The van der Waals surface area contributed by atoms with Crippen molar-refractivity contribution in [1.82, 2.24) is 20.0 Å². The standard InChI is InChI=1S/C20H23N5.HI/c1-21-20(22-13-18-14-25-11-5-4-8-19(25)23-18)24-17-10-9-15-6-2-3-7-16(15)12-17;/h2-8,11,14,17H,9-10,12-13H2,1H3,(H2,21,22,24);1H. The van der Waals surface area contributed by atoms with E-state index in [1.807, 2.05) is 42.0 Å². The smallest absolute Gasteiger partial charge is 0.191 e. The van der Waals surface area contributed by atoms with Gasteiger partial charge in [0.1, 0.15) is 5.65 Å². The third-order valence-corrected chi connectivity index (χ3v) is 4.76. The number of fused-ring (bicyclic) bond motifs is 2. The summed E-state index contributed by atoms with van der Waals surface area (Å²) in [5.74, 6) is 0.835. The lowest BCUT2D eigenvalue weighted by molar-refractivity contribution is 0.520. The van der Waals surface area contributed by atoms with Gasteiger partial charge in [-0.15, -0.1) is 24.0 Å². The summed E-state index contributed by atoms with van der Waals surface area (Å²) < 4.78 is 2.03. The van der Waals surface area contributed by atoms with Gasteiger partial charge in [0.15, 0.2) is 5.96 Å². The van der Waals surface area contributed by atoms with Crippen molar-refractivity contribution in [2.24, 2.45) is 4.99 Å². The molecule has 0 aliphatic heterocycles. The number of halogens is 1. The van der Waals surface area contributed by atoms with Crippen LogP contribution in [-0.4, -0.2) is 28.4 Å². The van der Waals surface area contributed by atoms with Crippen molar-refractivity contribution in [2.75, 3.05) is 7.05 Å². The van der Waals surface area contributed by atoms with Crippen molar-refractivity contribution in [3.8, 4) is 0 Å². The number of pyridine rings is 1. The van der Waals surface area contributed by atoms with Gasteiger partial charge in [0, 0.05) is 25.5 Å². The molecular formula is C20H24IN5. The van der Waals surface area contributed by atoms with Crippen LogP contribution in [0.25, 0.3) is 5.65 Å². The van der Waals surface area contributed by atoms with E-state index in [2.05, 4.69) is 44.9 Å². The fraction of sp³-hybridized carbons (Fsp3) is 0.300. The number of nitrogens with zero attached hydrogens (tertiary/aromatic N) is 3. The van der Waals surface area contributed by atoms with Crippen molar-refractivity contribution in [2.45, 2.75) is 31.8 Å². The van der Waals surface area contributed by atoms with Crippen LogP contribution in [0.5, 0.6) is 0 Å². The lowest BCUT2D eigenvalue weighted by Crippen LogP contribution is -2.45. The van der Waals surface area contributed by atoms with E-state index in [9.17, 15) is 0 Å². The van der Waals surface area contributed by atoms with Gasteiger partial charge in [-0.05, 0) is 42.5 Å². The van der Waals surface area contributed by atoms with Crippen LogP contribution in [-0.2, 0) is 19.4 Å². The van der Waals surface area contributed by atoms with E-state index in [0.717, 1.165) is 36.6 Å². The van der Waals surface area contributed by atoms with Crippen molar-refractivity contribution < 1.29 is 0 Å². The summed E-state index contributed by atoms with van der Waals surface area (Å²) in [4.78, 5) is 8.98. The molecule has 0 amide bonds. The minimum absolute atomic E-state index is 0. The van der Waals surface area contributed by atoms with Crippen molar-refractivity contribution in [1.29, 1.82) is 0 Å². The zero-order chi connectivity index (χ0) is 17.1. The molecule has 0 saturated heterocycles. The molecule has 2 aromatic heterocycles. The summed E-state index contributed by atoms with van der Waals surface area (Å²) in [5, 5.41) is 6.94. The van der Waals surface area contributed by atoms with Crippen LogP contribution >= 0.6 is 24.0 Å². The predicted molar refractivity (Wildman–Crippen MR) is 116 cm³/mol. The van der Waals surface area contributed by atoms with Gasteiger partial charge in [-0.1, -0.05) is 30.3 Å². The van der Waals surface area contributed by atoms with Gasteiger partial charge in [-0.25, -0.2) is 4.98 Å². The molecule has 1 aliphatic carbocycles. The fourth-order valence-electron chi connectivity index (χ4n) is 3.46. The maximum Gasteiger partial charge on any atom is 0.191 e. The third kappa shape index (κ3) is 4.17. The largest absolute Gasteiger partial charge is 0.353 e. The molecule has 0 fully saturated rings. The number of hydrogen-bond acceptors (Lipinski definition) is 2. The molecule has 0 radical (unpaired) electrons. The Balaban J connectivity index is 0.00000196. The zero-order valence-electron chi connectivity index (χ0n) is 14.9. The maximum absolute atomic E-state index is 4.61. The topological polar surface area (TPSA) is 53.7 Å². The fourth-order valence-corrected chi connectivity index (χ4v) is 3.46. The first-order chi connectivity index (χ1) is 12.3. The summed E-state index contributed by atoms with van der Waals surface area (Å²) in [6.07, 6.45) is 7.36. The summed E-state index contributed by atoms with van der Waals surface area (Å²) >= 11 is 0. The first-order valence-electron chi connectivity index (χ1n) is 8.78. The van der Waals surface area contributed by atoms with Crippen LogP contribution in [0.4, 0.5) is 0 Å². The number of nitrogens with one attached hydrogen (secondary N) is 2. The molecule has 1 aliphatic rings. The first-order valence-corrected chi connectivity index (χ1v) is 8.78. The maximum atomic E-state index is 4.61. The molecule has 3 aromatic rings. The van der Waals surface area contributed by atoms with Crippen LogP contribution in [0.1, 0.15) is 23.2 Å². The average Bonchev–Trinajstić information content (AvgIpc) is 3.08. The molecule has 1 atom stereocenters. The van der Waals surface area contributed by atoms with Crippen LogP contribution in [0.15, 0.2) is 59.9 Å². The normalized spacial score (nSPS) is 16.7. The Morgan fingerprint density at radius 2 is 2.00 bits per heavy atom. The van der Waals surface area contributed by atoms with E-state index in [4.69, 9.17) is 0 Å². The zero-order valence-corrected chi connectivity index (χ0v) is 17.2. The molecule has 1 aromatic carbocycles. The molecule has 4 rings (SSSR count). The molecule has 2 N–H and O–H groups in total. The van der Waals surface area contributed by atoms with Crippen molar-refractivity contribution in [3.05, 3.63) is 71.7 Å². The van der Waals surface area contributed by atoms with E-state index < -0.39 is 0 Å². The molecule has 136 valence electrons. The van der Waals surface area contributed by atoms with Gasteiger partial charge in [0.25, 0.3) is 0 Å². The number of imidazole rings is 1. The van der Waals surface area contributed by atoms with E-state index in [0.29, 0.717) is 12.6 Å². The van der Waals surface area contributed by atoms with E-state index >= 15 is 0 Å². The van der Waals surface area contributed by atoms with Crippen LogP contribution in [0, 0.1) is 0 Å². The summed E-state index contributed by atoms with van der Waals surface area (Å²) in [6.45, 7) is 0.657. The van der Waals surface area contributed by atoms with Gasteiger partial charge >= 0.3 is 0 Å². The first kappa shape index (κ1) is 18.7. The highest BCUT2D eigenvalue weighted by Gasteiger charge is 2.19. The Bertz CT molecular complexity index is 869. The summed E-state index contributed by atoms with van der Waals surface area (Å²) in [6, 6.07) is 15.2. The Morgan fingerprint density at radius 1 is 1.19 bits per heavy atom. The highest BCUT2D eigenvalue weighted by atomic mass is 127. The van der Waals surface area contributed by atoms with Crippen molar-refractivity contribution >= 4 is 35.6 Å². The number of hydrogen-bond donors (Lipinski definition) is 2. The molecule has 2 heterocycles. The minimum atomic E-state index is 0. The Kier molecular flexibility index (Phi) is 6.13. The van der Waals surface area contributed by atoms with Crippen molar-refractivity contribution in [3.63, 3.8) is 0 Å². The predicted octanol–water partition coefficient (Wildman–Crippen LogP) is 3.17. The number of rotatable bonds is 3. The second-order valence-electron chi connectivity index (χ2n) is 6.48. The second-order valence-corrected chi connectivity index (χ2v) is 6.48. The van der Waals surface area contributed by atoms with Gasteiger partial charge in [0.05, 0.1) is 12.2 Å². The summed E-state index contributed by atoms with van der Waals surface area (Å²) in [7, 11) is 1.82. The Hall–Kier alpha value is -2.09. The Labute approximate surface area is 171 Å². The third-order valence-electron chi connectivity index (χ3n) is 4.76. The second kappa shape index (κ2) is 8.53. The highest BCUT2D eigenvalue weighted by Crippen LogP contribution is 2.20. The van der Waals surface area contributed by atoms with Crippen LogP contribution < -0.4 is 10.6 Å². The van der Waals surface area contributed by atoms with Crippen LogP contribution in [0.2, 0.25) is 0 Å². The van der Waals surface area contributed by atoms with Gasteiger partial charge in [-0.3, -0.25) is 4.99 Å². The molecular weight excluding hydrogens is 437 g/mol. The van der Waals surface area contributed by atoms with E-state index in [1.165, 1.54) is 11.1 Å². The highest BCUT2D eigenvalue weighted by molar-refractivity contribution is 14.0. The summed E-state index contributed by atoms with van der Waals surface area (Å²) in [5.41, 5.74) is 4.89. The number of guanidine groups is 1. The SMILES string of the molecule is CN=C(NCc1cn2ccccc2n1)NC1CCc2ccccc2C1.I. The quantitative estimate of drug-likeness (QED) is 0.358. The Morgan fingerprint density at radius 3 is 2.81 bits per heavy atom. The number of aryl methyl sites for hydroxylation is 1. The molecule has 6 heteroatoms. The average molecular weight is 461 g/mol. The number of benzene rings is 1. The lowest BCUT2D eigenvalue weighted by Gasteiger charge is -2.27. The minimum Gasteiger partial charge on any atom is -0.353 e. The van der Waals surface area contributed by atoms with Gasteiger partial charge in [-0.2, -0.15) is 0 Å².